The number of hydrogen-bond acceptors (Lipinski definition) is 1. The Hall–Kier alpha value is -0.280. The van der Waals surface area contributed by atoms with Crippen molar-refractivity contribution < 1.29 is 4.74 Å². The summed E-state index contributed by atoms with van der Waals surface area (Å²) in [4.78, 5) is 0.752. The molecule has 1 radical (unpaired) electrons. The van der Waals surface area contributed by atoms with E-state index in [1.54, 1.807) is 0 Å². The lowest BCUT2D eigenvalue weighted by molar-refractivity contribution is 0.388. The molecule has 0 saturated carbocycles. The van der Waals surface area contributed by atoms with Crippen molar-refractivity contribution in [1.82, 2.24) is 0 Å². The predicted octanol–water partition coefficient (Wildman–Crippen LogP) is 2.97. The summed E-state index contributed by atoms with van der Waals surface area (Å²) in [6.45, 7) is 0. The molecule has 1 aromatic carbocycles. The van der Waals surface area contributed by atoms with Crippen LogP contribution in [0.4, 0.5) is 0 Å². The number of halogens is 1. The zero-order chi connectivity index (χ0) is 7.40. The van der Waals surface area contributed by atoms with Crippen LogP contribution in [-0.2, 0) is 0 Å². The fraction of sp³-hybridized carbons (Fsp3) is 0.143. The van der Waals surface area contributed by atoms with Crippen LogP contribution in [0.3, 0.4) is 0 Å². The van der Waals surface area contributed by atoms with Crippen LogP contribution in [0.2, 0.25) is 0 Å². The van der Waals surface area contributed by atoms with Gasteiger partial charge in [0.1, 0.15) is 11.3 Å². The highest BCUT2D eigenvalue weighted by atomic mass is 79.9. The van der Waals surface area contributed by atoms with Crippen LogP contribution in [0.15, 0.2) is 29.2 Å². The van der Waals surface area contributed by atoms with Gasteiger partial charge in [-0.1, -0.05) is 24.8 Å². The number of hydrogen-bond donors (Lipinski definition) is 0. The molecule has 1 nitrogen and oxygen atoms in total. The Morgan fingerprint density at radius 3 is 2.70 bits per heavy atom. The SMILES string of the molecule is [S]c1ccccc1OCBr. The molecule has 53 valence electrons. The average Bonchev–Trinajstić information content (AvgIpc) is 1.94. The molecular formula is C7H6BrOS. The molecule has 1 aromatic rings. The van der Waals surface area contributed by atoms with E-state index in [1.807, 2.05) is 24.3 Å². The highest BCUT2D eigenvalue weighted by Crippen LogP contribution is 2.21. The van der Waals surface area contributed by atoms with Crippen LogP contribution in [0.25, 0.3) is 0 Å². The molecule has 3 heteroatoms. The molecule has 0 spiro atoms. The van der Waals surface area contributed by atoms with Gasteiger partial charge in [0.2, 0.25) is 0 Å². The Morgan fingerprint density at radius 2 is 2.10 bits per heavy atom. The van der Waals surface area contributed by atoms with E-state index in [9.17, 15) is 0 Å². The number of benzene rings is 1. The van der Waals surface area contributed by atoms with Crippen molar-refractivity contribution in [3.63, 3.8) is 0 Å². The van der Waals surface area contributed by atoms with Gasteiger partial charge >= 0.3 is 0 Å². The van der Waals surface area contributed by atoms with E-state index < -0.39 is 0 Å². The van der Waals surface area contributed by atoms with Gasteiger partial charge in [-0.3, -0.25) is 0 Å². The zero-order valence-electron chi connectivity index (χ0n) is 5.21. The molecule has 0 atom stereocenters. The summed E-state index contributed by atoms with van der Waals surface area (Å²) >= 11 is 8.12. The molecule has 0 aliphatic heterocycles. The van der Waals surface area contributed by atoms with E-state index in [1.165, 1.54) is 0 Å². The molecule has 0 fully saturated rings. The summed E-state index contributed by atoms with van der Waals surface area (Å²) in [6, 6.07) is 7.48. The van der Waals surface area contributed by atoms with Gasteiger partial charge in [0, 0.05) is 0 Å². The molecular weight excluding hydrogens is 212 g/mol. The Bertz CT molecular complexity index is 215. The smallest absolute Gasteiger partial charge is 0.143 e. The van der Waals surface area contributed by atoms with E-state index in [2.05, 4.69) is 15.9 Å². The Balaban J connectivity index is 2.81. The third kappa shape index (κ3) is 1.85. The highest BCUT2D eigenvalue weighted by Gasteiger charge is 1.95. The maximum absolute atomic E-state index is 5.15. The van der Waals surface area contributed by atoms with Crippen LogP contribution in [-0.4, -0.2) is 5.52 Å². The van der Waals surface area contributed by atoms with Crippen LogP contribution in [0.5, 0.6) is 5.75 Å². The summed E-state index contributed by atoms with van der Waals surface area (Å²) in [5.41, 5.74) is 0.487. The number of ether oxygens (including phenoxy) is 1. The fourth-order valence-electron chi connectivity index (χ4n) is 0.628. The molecule has 0 bridgehead atoms. The van der Waals surface area contributed by atoms with Crippen molar-refractivity contribution in [3.8, 4) is 5.75 Å². The molecule has 0 unspecified atom stereocenters. The first-order valence-corrected chi connectivity index (χ1v) is 4.32. The monoisotopic (exact) mass is 217 g/mol. The summed E-state index contributed by atoms with van der Waals surface area (Å²) in [5, 5.41) is 0. The number of alkyl halides is 1. The molecule has 0 saturated heterocycles. The molecule has 0 N–H and O–H groups in total. The van der Waals surface area contributed by atoms with Crippen molar-refractivity contribution in [2.24, 2.45) is 0 Å². The minimum absolute atomic E-state index is 0.487. The van der Waals surface area contributed by atoms with Crippen molar-refractivity contribution >= 4 is 28.6 Å². The normalized spacial score (nSPS) is 9.30. The highest BCUT2D eigenvalue weighted by molar-refractivity contribution is 9.09. The second-order valence-corrected chi connectivity index (χ2v) is 2.60. The summed E-state index contributed by atoms with van der Waals surface area (Å²) in [7, 11) is 0. The average molecular weight is 218 g/mol. The standard InChI is InChI=1S/C7H6BrOS/c8-5-9-6-3-1-2-4-7(6)10/h1-4H,5H2. The second kappa shape index (κ2) is 3.78. The molecule has 0 heterocycles. The zero-order valence-corrected chi connectivity index (χ0v) is 7.61. The van der Waals surface area contributed by atoms with Crippen LogP contribution < -0.4 is 4.74 Å². The van der Waals surface area contributed by atoms with Gasteiger partial charge < -0.3 is 4.74 Å². The lowest BCUT2D eigenvalue weighted by Gasteiger charge is -2.01. The van der Waals surface area contributed by atoms with Gasteiger partial charge in [-0.05, 0) is 28.1 Å². The van der Waals surface area contributed by atoms with Gasteiger partial charge in [-0.2, -0.15) is 0 Å². The largest absolute Gasteiger partial charge is 0.481 e. The Kier molecular flexibility index (Phi) is 2.96. The van der Waals surface area contributed by atoms with Gasteiger partial charge in [-0.25, -0.2) is 0 Å². The molecule has 1 rings (SSSR count). The topological polar surface area (TPSA) is 9.23 Å². The lowest BCUT2D eigenvalue weighted by Crippen LogP contribution is -1.88. The van der Waals surface area contributed by atoms with Gasteiger partial charge in [0.25, 0.3) is 0 Å². The maximum Gasteiger partial charge on any atom is 0.143 e. The fourth-order valence-corrected chi connectivity index (χ4v) is 1.08. The van der Waals surface area contributed by atoms with Crippen molar-refractivity contribution in [2.75, 3.05) is 5.52 Å². The van der Waals surface area contributed by atoms with Crippen LogP contribution >= 0.6 is 28.6 Å². The molecule has 0 aliphatic carbocycles. The lowest BCUT2D eigenvalue weighted by atomic mass is 10.3. The minimum atomic E-state index is 0.487. The Labute approximate surface area is 73.9 Å². The van der Waals surface area contributed by atoms with Crippen LogP contribution in [0, 0.1) is 0 Å². The molecule has 10 heavy (non-hydrogen) atoms. The van der Waals surface area contributed by atoms with E-state index in [-0.39, 0.29) is 0 Å². The first kappa shape index (κ1) is 7.82. The molecule has 0 aliphatic rings. The van der Waals surface area contributed by atoms with Crippen molar-refractivity contribution in [2.45, 2.75) is 4.90 Å². The summed E-state index contributed by atoms with van der Waals surface area (Å²) < 4.78 is 5.15. The third-order valence-electron chi connectivity index (χ3n) is 1.06. The van der Waals surface area contributed by atoms with E-state index in [4.69, 9.17) is 17.4 Å². The third-order valence-corrected chi connectivity index (χ3v) is 1.63. The van der Waals surface area contributed by atoms with Crippen LogP contribution in [0.1, 0.15) is 0 Å². The van der Waals surface area contributed by atoms with Crippen molar-refractivity contribution in [1.29, 1.82) is 0 Å². The predicted molar refractivity (Wildman–Crippen MR) is 46.7 cm³/mol. The summed E-state index contributed by atoms with van der Waals surface area (Å²) in [6.07, 6.45) is 0. The minimum Gasteiger partial charge on any atom is -0.481 e. The van der Waals surface area contributed by atoms with Gasteiger partial charge in [-0.15, -0.1) is 0 Å². The first-order valence-electron chi connectivity index (χ1n) is 2.79. The van der Waals surface area contributed by atoms with E-state index >= 15 is 0 Å². The van der Waals surface area contributed by atoms with Gasteiger partial charge in [0.05, 0.1) is 4.90 Å². The number of para-hydroxylation sites is 1. The van der Waals surface area contributed by atoms with Crippen molar-refractivity contribution in [3.05, 3.63) is 24.3 Å². The summed E-state index contributed by atoms with van der Waals surface area (Å²) in [5.74, 6) is 0.759. The van der Waals surface area contributed by atoms with E-state index in [0.29, 0.717) is 5.52 Å². The van der Waals surface area contributed by atoms with E-state index in [0.717, 1.165) is 10.6 Å². The first-order chi connectivity index (χ1) is 4.84. The van der Waals surface area contributed by atoms with Gasteiger partial charge in [0.15, 0.2) is 0 Å². The Morgan fingerprint density at radius 1 is 1.40 bits per heavy atom. The number of rotatable bonds is 2. The molecule has 0 aromatic heterocycles. The second-order valence-electron chi connectivity index (χ2n) is 1.70. The molecule has 0 amide bonds. The quantitative estimate of drug-likeness (QED) is 0.693. The maximum atomic E-state index is 5.15.